The van der Waals surface area contributed by atoms with Crippen molar-refractivity contribution in [2.24, 2.45) is 0 Å². The topological polar surface area (TPSA) is 37.4 Å². The van der Waals surface area contributed by atoms with E-state index in [1.54, 1.807) is 11.5 Å². The summed E-state index contributed by atoms with van der Waals surface area (Å²) in [5, 5.41) is 6.05. The largest absolute Gasteiger partial charge is 0.377 e. The highest BCUT2D eigenvalue weighted by Crippen LogP contribution is 2.33. The Balaban J connectivity index is 1.85. The van der Waals surface area contributed by atoms with E-state index in [1.807, 2.05) is 6.07 Å². The summed E-state index contributed by atoms with van der Waals surface area (Å²) in [4.78, 5) is 2.46. The van der Waals surface area contributed by atoms with Gasteiger partial charge in [-0.25, -0.2) is 0 Å². The average Bonchev–Trinajstić information content (AvgIpc) is 2.89. The Hall–Kier alpha value is -1.17. The van der Waals surface area contributed by atoms with Crippen LogP contribution in [0.15, 0.2) is 24.3 Å². The van der Waals surface area contributed by atoms with Gasteiger partial charge in [-0.3, -0.25) is 0 Å². The Morgan fingerprint density at radius 2 is 2.30 bits per heavy atom. The first-order valence-corrected chi connectivity index (χ1v) is 7.95. The average molecular weight is 291 g/mol. The van der Waals surface area contributed by atoms with E-state index in [9.17, 15) is 0 Å². The molecule has 2 aromatic rings. The molecular formula is C15H21N3OS. The van der Waals surface area contributed by atoms with E-state index in [0.717, 1.165) is 31.8 Å². The summed E-state index contributed by atoms with van der Waals surface area (Å²) in [6.07, 6.45) is 0. The van der Waals surface area contributed by atoms with Gasteiger partial charge in [-0.05, 0) is 23.7 Å². The van der Waals surface area contributed by atoms with Crippen LogP contribution in [0.3, 0.4) is 0 Å². The fourth-order valence-electron chi connectivity index (χ4n) is 2.55. The third-order valence-corrected chi connectivity index (χ3v) is 4.53. The predicted molar refractivity (Wildman–Crippen MR) is 84.7 cm³/mol. The van der Waals surface area contributed by atoms with Gasteiger partial charge in [0, 0.05) is 24.5 Å². The van der Waals surface area contributed by atoms with E-state index >= 15 is 0 Å². The molecule has 20 heavy (non-hydrogen) atoms. The van der Waals surface area contributed by atoms with Crippen LogP contribution in [0.25, 0.3) is 10.9 Å². The zero-order valence-electron chi connectivity index (χ0n) is 12.0. The van der Waals surface area contributed by atoms with Crippen LogP contribution in [0.5, 0.6) is 0 Å². The molecule has 2 heterocycles. The monoisotopic (exact) mass is 291 g/mol. The minimum atomic E-state index is 0.384. The summed E-state index contributed by atoms with van der Waals surface area (Å²) in [5.41, 5.74) is 1.09. The van der Waals surface area contributed by atoms with E-state index in [0.29, 0.717) is 12.1 Å². The van der Waals surface area contributed by atoms with Gasteiger partial charge in [-0.2, -0.15) is 4.37 Å². The molecule has 1 unspecified atom stereocenters. The van der Waals surface area contributed by atoms with E-state index in [4.69, 9.17) is 4.74 Å². The number of rotatable bonds is 4. The molecule has 1 saturated heterocycles. The van der Waals surface area contributed by atoms with Crippen molar-refractivity contribution in [1.29, 1.82) is 0 Å². The molecule has 1 aromatic carbocycles. The van der Waals surface area contributed by atoms with Crippen LogP contribution in [-0.4, -0.2) is 42.8 Å². The molecule has 0 spiro atoms. The van der Waals surface area contributed by atoms with E-state index in [2.05, 4.69) is 46.6 Å². The fraction of sp³-hybridized carbons (Fsp3) is 0.533. The van der Waals surface area contributed by atoms with Crippen molar-refractivity contribution in [2.75, 3.05) is 31.2 Å². The highest BCUT2D eigenvalue weighted by atomic mass is 32.1. The van der Waals surface area contributed by atoms with E-state index < -0.39 is 0 Å². The second kappa shape index (κ2) is 6.08. The molecule has 0 bridgehead atoms. The second-order valence-electron chi connectivity index (χ2n) is 5.49. The van der Waals surface area contributed by atoms with Gasteiger partial charge in [0.15, 0.2) is 0 Å². The highest BCUT2D eigenvalue weighted by molar-refractivity contribution is 7.11. The van der Waals surface area contributed by atoms with Gasteiger partial charge in [0.25, 0.3) is 0 Å². The molecule has 1 aliphatic rings. The van der Waals surface area contributed by atoms with Crippen molar-refractivity contribution >= 4 is 27.4 Å². The Bertz CT molecular complexity index is 569. The maximum absolute atomic E-state index is 5.66. The lowest BCUT2D eigenvalue weighted by atomic mass is 10.2. The molecule has 1 atom stereocenters. The molecule has 3 rings (SSSR count). The van der Waals surface area contributed by atoms with Crippen LogP contribution in [0, 0.1) is 0 Å². The first-order chi connectivity index (χ1) is 9.75. The van der Waals surface area contributed by atoms with Crippen LogP contribution < -0.4 is 10.2 Å². The molecule has 108 valence electrons. The maximum atomic E-state index is 5.66. The number of benzene rings is 1. The molecular weight excluding hydrogens is 270 g/mol. The normalized spacial score (nSPS) is 19.9. The summed E-state index contributed by atoms with van der Waals surface area (Å²) in [6, 6.07) is 9.26. The number of nitrogens with one attached hydrogen (secondary N) is 1. The number of morpholine rings is 1. The zero-order valence-corrected chi connectivity index (χ0v) is 12.8. The quantitative estimate of drug-likeness (QED) is 0.939. The highest BCUT2D eigenvalue weighted by Gasteiger charge is 2.26. The van der Waals surface area contributed by atoms with Crippen molar-refractivity contribution in [3.63, 3.8) is 0 Å². The molecule has 1 aliphatic heterocycles. The fourth-order valence-corrected chi connectivity index (χ4v) is 3.51. The number of fused-ring (bicyclic) bond motifs is 1. The summed E-state index contributed by atoms with van der Waals surface area (Å²) < 4.78 is 10.2. The molecule has 0 amide bonds. The van der Waals surface area contributed by atoms with Gasteiger partial charge in [0.2, 0.25) is 0 Å². The maximum Gasteiger partial charge on any atom is 0.120 e. The Kier molecular flexibility index (Phi) is 4.19. The zero-order chi connectivity index (χ0) is 13.9. The van der Waals surface area contributed by atoms with Gasteiger partial charge < -0.3 is 15.0 Å². The van der Waals surface area contributed by atoms with Gasteiger partial charge in [0.1, 0.15) is 5.00 Å². The third-order valence-electron chi connectivity index (χ3n) is 3.62. The number of ether oxygens (including phenoxy) is 1. The van der Waals surface area contributed by atoms with Gasteiger partial charge in [-0.15, -0.1) is 0 Å². The molecule has 1 fully saturated rings. The first-order valence-electron chi connectivity index (χ1n) is 7.18. The molecule has 5 heteroatoms. The van der Waals surface area contributed by atoms with Crippen LogP contribution in [0.1, 0.15) is 13.8 Å². The number of aromatic nitrogens is 1. The van der Waals surface area contributed by atoms with Crippen molar-refractivity contribution in [1.82, 2.24) is 9.69 Å². The molecule has 1 N–H and O–H groups in total. The molecule has 0 saturated carbocycles. The smallest absolute Gasteiger partial charge is 0.120 e. The van der Waals surface area contributed by atoms with E-state index in [1.165, 1.54) is 10.4 Å². The van der Waals surface area contributed by atoms with Gasteiger partial charge in [0.05, 0.1) is 24.8 Å². The molecule has 1 aromatic heterocycles. The molecule has 0 aliphatic carbocycles. The summed E-state index contributed by atoms with van der Waals surface area (Å²) >= 11 is 1.60. The molecule has 4 nitrogen and oxygen atoms in total. The first kappa shape index (κ1) is 13.8. The Morgan fingerprint density at radius 1 is 1.45 bits per heavy atom. The Labute approximate surface area is 123 Å². The summed E-state index contributed by atoms with van der Waals surface area (Å²) in [5.74, 6) is 0. The standard InChI is InChI=1S/C15H21N3OS/c1-11(2)16-9-12-10-19-8-7-18(12)15-13-5-3-4-6-14(13)17-20-15/h3-6,11-12,16H,7-10H2,1-2H3. The van der Waals surface area contributed by atoms with Gasteiger partial charge >= 0.3 is 0 Å². The number of hydrogen-bond acceptors (Lipinski definition) is 5. The van der Waals surface area contributed by atoms with Crippen LogP contribution >= 0.6 is 11.5 Å². The SMILES string of the molecule is CC(C)NCC1COCCN1c1snc2ccccc12. The number of nitrogens with zero attached hydrogens (tertiary/aromatic N) is 2. The summed E-state index contributed by atoms with van der Waals surface area (Å²) in [6.45, 7) is 7.82. The van der Waals surface area contributed by atoms with Crippen molar-refractivity contribution < 1.29 is 4.74 Å². The van der Waals surface area contributed by atoms with Crippen molar-refractivity contribution in [2.45, 2.75) is 25.9 Å². The van der Waals surface area contributed by atoms with Crippen LogP contribution in [0.4, 0.5) is 5.00 Å². The summed E-state index contributed by atoms with van der Waals surface area (Å²) in [7, 11) is 0. The third kappa shape index (κ3) is 2.80. The van der Waals surface area contributed by atoms with Gasteiger partial charge in [-0.1, -0.05) is 26.0 Å². The minimum Gasteiger partial charge on any atom is -0.377 e. The lowest BCUT2D eigenvalue weighted by Gasteiger charge is -2.36. The van der Waals surface area contributed by atoms with Crippen LogP contribution in [-0.2, 0) is 4.74 Å². The minimum absolute atomic E-state index is 0.384. The lowest BCUT2D eigenvalue weighted by molar-refractivity contribution is 0.0937. The predicted octanol–water partition coefficient (Wildman–Crippen LogP) is 2.50. The molecule has 0 radical (unpaired) electrons. The number of hydrogen-bond donors (Lipinski definition) is 1. The lowest BCUT2D eigenvalue weighted by Crippen LogP contribution is -2.51. The van der Waals surface area contributed by atoms with Crippen molar-refractivity contribution in [3.05, 3.63) is 24.3 Å². The van der Waals surface area contributed by atoms with E-state index in [-0.39, 0.29) is 0 Å². The second-order valence-corrected chi connectivity index (χ2v) is 6.24. The van der Waals surface area contributed by atoms with Crippen molar-refractivity contribution in [3.8, 4) is 0 Å². The number of anilines is 1. The Morgan fingerprint density at radius 3 is 3.15 bits per heavy atom. The van der Waals surface area contributed by atoms with Crippen LogP contribution in [0.2, 0.25) is 0 Å².